The molecule has 1 aromatic rings. The van der Waals surface area contributed by atoms with E-state index in [2.05, 4.69) is 21.2 Å². The summed E-state index contributed by atoms with van der Waals surface area (Å²) in [5, 5.41) is 2.85. The molecule has 0 radical (unpaired) electrons. The van der Waals surface area contributed by atoms with E-state index in [-0.39, 0.29) is 0 Å². The second kappa shape index (κ2) is 8.60. The van der Waals surface area contributed by atoms with Gasteiger partial charge in [-0.1, -0.05) is 13.0 Å². The molecule has 0 heterocycles. The van der Waals surface area contributed by atoms with Gasteiger partial charge >= 0.3 is 6.18 Å². The molecule has 1 N–H and O–H groups in total. The Morgan fingerprint density at radius 3 is 2.52 bits per heavy atom. The van der Waals surface area contributed by atoms with E-state index in [1.54, 1.807) is 32.2 Å². The van der Waals surface area contributed by atoms with Crippen LogP contribution in [0.4, 0.5) is 13.2 Å². The number of ether oxygens (including phenoxy) is 2. The molecule has 0 bridgehead atoms. The molecule has 0 aliphatic rings. The lowest BCUT2D eigenvalue weighted by molar-refractivity contribution is -0.140. The van der Waals surface area contributed by atoms with Gasteiger partial charge in [-0.25, -0.2) is 0 Å². The number of benzene rings is 1. The summed E-state index contributed by atoms with van der Waals surface area (Å²) in [7, 11) is 1.57. The number of rotatable bonds is 8. The Bertz CT molecular complexity index is 441. The molecule has 120 valence electrons. The van der Waals surface area contributed by atoms with Crippen molar-refractivity contribution in [2.24, 2.45) is 0 Å². The van der Waals surface area contributed by atoms with Crippen LogP contribution in [0.2, 0.25) is 0 Å². The Labute approximate surface area is 130 Å². The summed E-state index contributed by atoms with van der Waals surface area (Å²) < 4.78 is 48.8. The Hall–Kier alpha value is -0.790. The molecule has 1 rings (SSSR count). The van der Waals surface area contributed by atoms with Gasteiger partial charge in [0, 0.05) is 13.2 Å². The van der Waals surface area contributed by atoms with Gasteiger partial charge in [-0.15, -0.1) is 0 Å². The van der Waals surface area contributed by atoms with E-state index in [0.717, 1.165) is 0 Å². The van der Waals surface area contributed by atoms with E-state index in [1.165, 1.54) is 0 Å². The number of nitrogens with one attached hydrogen (secondary N) is 1. The SMILES string of the molecule is CCNC(CC(F)(F)F)c1ccc(OCCOC)c(Br)c1. The Balaban J connectivity index is 2.82. The molecular weight excluding hydrogens is 351 g/mol. The predicted molar refractivity (Wildman–Crippen MR) is 78.6 cm³/mol. The molecule has 0 fully saturated rings. The van der Waals surface area contributed by atoms with Crippen LogP contribution in [0.25, 0.3) is 0 Å². The van der Waals surface area contributed by atoms with Gasteiger partial charge in [0.05, 0.1) is 17.5 Å². The van der Waals surface area contributed by atoms with E-state index in [9.17, 15) is 13.2 Å². The molecule has 1 atom stereocenters. The average molecular weight is 370 g/mol. The molecule has 0 spiro atoms. The molecule has 3 nitrogen and oxygen atoms in total. The first-order valence-corrected chi connectivity index (χ1v) is 7.38. The summed E-state index contributed by atoms with van der Waals surface area (Å²) in [5.74, 6) is 0.582. The van der Waals surface area contributed by atoms with E-state index in [0.29, 0.717) is 35.5 Å². The van der Waals surface area contributed by atoms with E-state index >= 15 is 0 Å². The van der Waals surface area contributed by atoms with Crippen LogP contribution in [0.5, 0.6) is 5.75 Å². The number of alkyl halides is 3. The Morgan fingerprint density at radius 1 is 1.29 bits per heavy atom. The second-order valence-electron chi connectivity index (χ2n) is 4.46. The maximum atomic E-state index is 12.6. The minimum absolute atomic E-state index is 0.383. The van der Waals surface area contributed by atoms with Gasteiger partial charge in [0.2, 0.25) is 0 Å². The first-order chi connectivity index (χ1) is 9.87. The van der Waals surface area contributed by atoms with Crippen molar-refractivity contribution in [2.75, 3.05) is 26.9 Å². The number of methoxy groups -OCH3 is 1. The molecule has 0 aliphatic heterocycles. The third-order valence-corrected chi connectivity index (χ3v) is 3.41. The number of hydrogen-bond acceptors (Lipinski definition) is 3. The Kier molecular flexibility index (Phi) is 7.48. The van der Waals surface area contributed by atoms with Crippen molar-refractivity contribution >= 4 is 15.9 Å². The van der Waals surface area contributed by atoms with Crippen molar-refractivity contribution < 1.29 is 22.6 Å². The molecule has 0 amide bonds. The summed E-state index contributed by atoms with van der Waals surface area (Å²) in [6, 6.07) is 4.20. The van der Waals surface area contributed by atoms with Crippen molar-refractivity contribution in [3.63, 3.8) is 0 Å². The van der Waals surface area contributed by atoms with Gasteiger partial charge < -0.3 is 14.8 Å². The highest BCUT2D eigenvalue weighted by atomic mass is 79.9. The van der Waals surface area contributed by atoms with Crippen LogP contribution in [0, 0.1) is 0 Å². The average Bonchev–Trinajstić information content (AvgIpc) is 2.39. The first kappa shape index (κ1) is 18.3. The largest absolute Gasteiger partial charge is 0.490 e. The molecule has 1 unspecified atom stereocenters. The second-order valence-corrected chi connectivity index (χ2v) is 5.32. The van der Waals surface area contributed by atoms with Gasteiger partial charge in [0.15, 0.2) is 0 Å². The maximum absolute atomic E-state index is 12.6. The van der Waals surface area contributed by atoms with Crippen molar-refractivity contribution in [3.05, 3.63) is 28.2 Å². The van der Waals surface area contributed by atoms with Crippen LogP contribution in [0.1, 0.15) is 24.9 Å². The zero-order valence-corrected chi connectivity index (χ0v) is 13.6. The summed E-state index contributed by atoms with van der Waals surface area (Å²) in [6.45, 7) is 3.07. The standard InChI is InChI=1S/C14H19BrF3NO2/c1-3-19-12(9-14(16,17)18)10-4-5-13(11(15)8-10)21-7-6-20-2/h4-5,8,12,19H,3,6-7,9H2,1-2H3. The van der Waals surface area contributed by atoms with Crippen LogP contribution in [0.3, 0.4) is 0 Å². The fourth-order valence-corrected chi connectivity index (χ4v) is 2.38. The molecule has 0 saturated heterocycles. The fraction of sp³-hybridized carbons (Fsp3) is 0.571. The van der Waals surface area contributed by atoms with Gasteiger partial charge in [0.25, 0.3) is 0 Å². The summed E-state index contributed by atoms with van der Waals surface area (Å²) in [5.41, 5.74) is 0.570. The molecule has 7 heteroatoms. The van der Waals surface area contributed by atoms with Crippen molar-refractivity contribution in [3.8, 4) is 5.75 Å². The molecular formula is C14H19BrF3NO2. The van der Waals surface area contributed by atoms with Gasteiger partial charge in [-0.05, 0) is 40.2 Å². The van der Waals surface area contributed by atoms with Gasteiger partial charge in [-0.3, -0.25) is 0 Å². The van der Waals surface area contributed by atoms with Crippen LogP contribution in [0.15, 0.2) is 22.7 Å². The topological polar surface area (TPSA) is 30.5 Å². The molecule has 0 aromatic heterocycles. The summed E-state index contributed by atoms with van der Waals surface area (Å²) in [6.07, 6.45) is -5.12. The van der Waals surface area contributed by atoms with Crippen molar-refractivity contribution in [1.82, 2.24) is 5.32 Å². The first-order valence-electron chi connectivity index (χ1n) is 6.58. The van der Waals surface area contributed by atoms with Crippen LogP contribution >= 0.6 is 15.9 Å². The fourth-order valence-electron chi connectivity index (χ4n) is 1.87. The van der Waals surface area contributed by atoms with Crippen molar-refractivity contribution in [1.29, 1.82) is 0 Å². The number of hydrogen-bond donors (Lipinski definition) is 1. The highest BCUT2D eigenvalue weighted by molar-refractivity contribution is 9.10. The zero-order valence-electron chi connectivity index (χ0n) is 12.0. The lowest BCUT2D eigenvalue weighted by Crippen LogP contribution is -2.26. The Morgan fingerprint density at radius 2 is 2.00 bits per heavy atom. The predicted octanol–water partition coefficient (Wildman–Crippen LogP) is 4.08. The highest BCUT2D eigenvalue weighted by Gasteiger charge is 2.32. The van der Waals surface area contributed by atoms with Crippen molar-refractivity contribution in [2.45, 2.75) is 25.6 Å². The highest BCUT2D eigenvalue weighted by Crippen LogP contribution is 2.33. The zero-order chi connectivity index (χ0) is 15.9. The van der Waals surface area contributed by atoms with Crippen LogP contribution in [-0.2, 0) is 4.74 Å². The molecule has 0 saturated carbocycles. The lowest BCUT2D eigenvalue weighted by Gasteiger charge is -2.21. The van der Waals surface area contributed by atoms with E-state index < -0.39 is 18.6 Å². The minimum Gasteiger partial charge on any atom is -0.490 e. The summed E-state index contributed by atoms with van der Waals surface area (Å²) >= 11 is 3.32. The minimum atomic E-state index is -4.22. The normalized spacial score (nSPS) is 13.2. The molecule has 21 heavy (non-hydrogen) atoms. The van der Waals surface area contributed by atoms with Crippen LogP contribution < -0.4 is 10.1 Å². The smallest absolute Gasteiger partial charge is 0.390 e. The van der Waals surface area contributed by atoms with Crippen LogP contribution in [-0.4, -0.2) is 33.0 Å². The van der Waals surface area contributed by atoms with Gasteiger partial charge in [0.1, 0.15) is 12.4 Å². The number of halogens is 4. The maximum Gasteiger partial charge on any atom is 0.390 e. The quantitative estimate of drug-likeness (QED) is 0.700. The van der Waals surface area contributed by atoms with E-state index in [1.807, 2.05) is 0 Å². The van der Waals surface area contributed by atoms with Gasteiger partial charge in [-0.2, -0.15) is 13.2 Å². The third-order valence-electron chi connectivity index (χ3n) is 2.79. The molecule has 0 aliphatic carbocycles. The third kappa shape index (κ3) is 6.67. The molecule has 1 aromatic carbocycles. The monoisotopic (exact) mass is 369 g/mol. The lowest BCUT2D eigenvalue weighted by atomic mass is 10.0. The summed E-state index contributed by atoms with van der Waals surface area (Å²) in [4.78, 5) is 0. The van der Waals surface area contributed by atoms with E-state index in [4.69, 9.17) is 9.47 Å².